The third-order valence-corrected chi connectivity index (χ3v) is 3.74. The smallest absolute Gasteiger partial charge is 0.264 e. The largest absolute Gasteiger partial charge is 0.293 e. The van der Waals surface area contributed by atoms with Crippen molar-refractivity contribution >= 4 is 34.7 Å². The molecule has 1 amide bonds. The summed E-state index contributed by atoms with van der Waals surface area (Å²) in [6, 6.07) is 15.6. The van der Waals surface area contributed by atoms with E-state index in [-0.39, 0.29) is 11.7 Å². The minimum Gasteiger partial charge on any atom is -0.293 e. The van der Waals surface area contributed by atoms with Crippen molar-refractivity contribution in [2.24, 2.45) is 11.0 Å². The van der Waals surface area contributed by atoms with Gasteiger partial charge in [0.25, 0.3) is 5.91 Å². The van der Waals surface area contributed by atoms with Gasteiger partial charge in [-0.3, -0.25) is 9.59 Å². The van der Waals surface area contributed by atoms with Crippen molar-refractivity contribution < 1.29 is 9.59 Å². The first-order chi connectivity index (χ1) is 10.6. The molecule has 0 N–H and O–H groups in total. The van der Waals surface area contributed by atoms with Gasteiger partial charge >= 0.3 is 0 Å². The Kier molecular flexibility index (Phi) is 3.77. The van der Waals surface area contributed by atoms with Crippen LogP contribution in [0.4, 0.5) is 5.69 Å². The fourth-order valence-electron chi connectivity index (χ4n) is 2.43. The number of Topliss-reactive ketones (excluding diaryl/α,β-unsaturated/α-hetero) is 1. The number of nitrogens with zero attached hydrogens (tertiary/aromatic N) is 2. The molecule has 22 heavy (non-hydrogen) atoms. The number of amides is 1. The molecule has 2 aromatic carbocycles. The Bertz CT molecular complexity index is 771. The van der Waals surface area contributed by atoms with Gasteiger partial charge in [0.15, 0.2) is 5.78 Å². The van der Waals surface area contributed by atoms with Gasteiger partial charge in [0.2, 0.25) is 0 Å². The maximum Gasteiger partial charge on any atom is 0.264 e. The molecule has 0 saturated carbocycles. The minimum atomic E-state index is -0.874. The Morgan fingerprint density at radius 2 is 1.86 bits per heavy atom. The van der Waals surface area contributed by atoms with E-state index in [9.17, 15) is 9.59 Å². The van der Waals surface area contributed by atoms with E-state index < -0.39 is 5.92 Å². The zero-order valence-corrected chi connectivity index (χ0v) is 12.6. The average Bonchev–Trinajstić information content (AvgIpc) is 2.82. The highest BCUT2D eigenvalue weighted by molar-refractivity contribution is 6.32. The standard InChI is InChI=1S/C17H13ClN2O2/c1-11-15(16(21)12-6-3-2-4-7-12)17(22)20(19-11)14-9-5-8-13(18)10-14/h2-10,15H,1H3/t15-/m1/s1. The highest BCUT2D eigenvalue weighted by Gasteiger charge is 2.39. The van der Waals surface area contributed by atoms with Crippen LogP contribution in [0.25, 0.3) is 0 Å². The Balaban J connectivity index is 1.92. The Labute approximate surface area is 133 Å². The van der Waals surface area contributed by atoms with Gasteiger partial charge in [-0.05, 0) is 25.1 Å². The van der Waals surface area contributed by atoms with Gasteiger partial charge in [-0.1, -0.05) is 48.0 Å². The van der Waals surface area contributed by atoms with E-state index in [2.05, 4.69) is 5.10 Å². The molecule has 0 radical (unpaired) electrons. The maximum absolute atomic E-state index is 12.6. The summed E-state index contributed by atoms with van der Waals surface area (Å²) in [6.45, 7) is 1.69. The number of hydrazone groups is 1. The lowest BCUT2D eigenvalue weighted by Crippen LogP contribution is -2.32. The Morgan fingerprint density at radius 1 is 1.14 bits per heavy atom. The molecule has 0 fully saturated rings. The van der Waals surface area contributed by atoms with Crippen molar-refractivity contribution in [2.75, 3.05) is 5.01 Å². The third kappa shape index (κ3) is 2.53. The highest BCUT2D eigenvalue weighted by atomic mass is 35.5. The molecule has 0 unspecified atom stereocenters. The second-order valence-electron chi connectivity index (χ2n) is 5.03. The summed E-state index contributed by atoms with van der Waals surface area (Å²) in [6.07, 6.45) is 0. The van der Waals surface area contributed by atoms with Crippen molar-refractivity contribution in [3.8, 4) is 0 Å². The van der Waals surface area contributed by atoms with Crippen molar-refractivity contribution in [3.05, 3.63) is 65.2 Å². The fourth-order valence-corrected chi connectivity index (χ4v) is 2.61. The molecule has 110 valence electrons. The quantitative estimate of drug-likeness (QED) is 0.642. The number of carbonyl (C=O) groups excluding carboxylic acids is 2. The molecule has 1 atom stereocenters. The molecule has 1 aliphatic rings. The molecule has 0 spiro atoms. The predicted octanol–water partition coefficient (Wildman–Crippen LogP) is 3.56. The average molecular weight is 313 g/mol. The third-order valence-electron chi connectivity index (χ3n) is 3.50. The first-order valence-corrected chi connectivity index (χ1v) is 7.19. The molecular formula is C17H13ClN2O2. The van der Waals surface area contributed by atoms with Crippen LogP contribution >= 0.6 is 11.6 Å². The molecule has 1 heterocycles. The van der Waals surface area contributed by atoms with Crippen LogP contribution in [0.2, 0.25) is 5.02 Å². The first-order valence-electron chi connectivity index (χ1n) is 6.82. The van der Waals surface area contributed by atoms with Crippen molar-refractivity contribution in [1.29, 1.82) is 0 Å². The maximum atomic E-state index is 12.6. The summed E-state index contributed by atoms with van der Waals surface area (Å²) in [5, 5.41) is 5.98. The summed E-state index contributed by atoms with van der Waals surface area (Å²) in [4.78, 5) is 25.1. The number of hydrogen-bond acceptors (Lipinski definition) is 3. The first kappa shape index (κ1) is 14.5. The van der Waals surface area contributed by atoms with E-state index in [0.717, 1.165) is 0 Å². The second kappa shape index (κ2) is 5.73. The molecule has 0 saturated heterocycles. The lowest BCUT2D eigenvalue weighted by atomic mass is 9.94. The van der Waals surface area contributed by atoms with Crippen LogP contribution in [-0.2, 0) is 4.79 Å². The summed E-state index contributed by atoms with van der Waals surface area (Å²) in [5.41, 5.74) is 1.54. The zero-order chi connectivity index (χ0) is 15.7. The zero-order valence-electron chi connectivity index (χ0n) is 11.9. The summed E-state index contributed by atoms with van der Waals surface area (Å²) in [7, 11) is 0. The predicted molar refractivity (Wildman–Crippen MR) is 86.3 cm³/mol. The molecule has 2 aromatic rings. The number of anilines is 1. The van der Waals surface area contributed by atoms with Gasteiger partial charge in [-0.15, -0.1) is 0 Å². The van der Waals surface area contributed by atoms with Crippen LogP contribution in [0.3, 0.4) is 0 Å². The number of hydrogen-bond donors (Lipinski definition) is 0. The SMILES string of the molecule is CC1=NN(c2cccc(Cl)c2)C(=O)[C@H]1C(=O)c1ccccc1. The number of halogens is 1. The van der Waals surface area contributed by atoms with Crippen molar-refractivity contribution in [3.63, 3.8) is 0 Å². The number of rotatable bonds is 3. The number of carbonyl (C=O) groups is 2. The molecule has 1 aliphatic heterocycles. The topological polar surface area (TPSA) is 49.7 Å². The molecule has 3 rings (SSSR count). The minimum absolute atomic E-state index is 0.239. The lowest BCUT2D eigenvalue weighted by Gasteiger charge is -2.14. The number of ketones is 1. The summed E-state index contributed by atoms with van der Waals surface area (Å²) >= 11 is 5.95. The second-order valence-corrected chi connectivity index (χ2v) is 5.47. The Morgan fingerprint density at radius 3 is 2.55 bits per heavy atom. The van der Waals surface area contributed by atoms with Gasteiger partial charge in [0.1, 0.15) is 5.92 Å². The van der Waals surface area contributed by atoms with Gasteiger partial charge in [0.05, 0.1) is 11.4 Å². The van der Waals surface area contributed by atoms with E-state index in [0.29, 0.717) is 22.0 Å². The van der Waals surface area contributed by atoms with Gasteiger partial charge < -0.3 is 0 Å². The molecule has 5 heteroatoms. The van der Waals surface area contributed by atoms with E-state index in [4.69, 9.17) is 11.6 Å². The van der Waals surface area contributed by atoms with Crippen molar-refractivity contribution in [2.45, 2.75) is 6.92 Å². The monoisotopic (exact) mass is 312 g/mol. The fraction of sp³-hybridized carbons (Fsp3) is 0.118. The van der Waals surface area contributed by atoms with E-state index >= 15 is 0 Å². The highest BCUT2D eigenvalue weighted by Crippen LogP contribution is 2.27. The van der Waals surface area contributed by atoms with Gasteiger partial charge in [-0.2, -0.15) is 10.1 Å². The molecule has 0 aromatic heterocycles. The van der Waals surface area contributed by atoms with E-state index in [1.807, 2.05) is 6.07 Å². The van der Waals surface area contributed by atoms with Crippen LogP contribution in [-0.4, -0.2) is 17.4 Å². The van der Waals surface area contributed by atoms with Crippen molar-refractivity contribution in [1.82, 2.24) is 0 Å². The van der Waals surface area contributed by atoms with Crippen LogP contribution in [0.15, 0.2) is 59.7 Å². The normalized spacial score (nSPS) is 17.5. The molecular weight excluding hydrogens is 300 g/mol. The van der Waals surface area contributed by atoms with Gasteiger partial charge in [-0.25, -0.2) is 0 Å². The van der Waals surface area contributed by atoms with Crippen LogP contribution in [0.5, 0.6) is 0 Å². The summed E-state index contributed by atoms with van der Waals surface area (Å²) in [5.74, 6) is -1.47. The van der Waals surface area contributed by atoms with E-state index in [1.54, 1.807) is 55.5 Å². The number of benzene rings is 2. The van der Waals surface area contributed by atoms with Crippen LogP contribution in [0, 0.1) is 5.92 Å². The van der Waals surface area contributed by atoms with E-state index in [1.165, 1.54) is 5.01 Å². The lowest BCUT2D eigenvalue weighted by molar-refractivity contribution is -0.118. The van der Waals surface area contributed by atoms with Crippen LogP contribution in [0.1, 0.15) is 17.3 Å². The Hall–Kier alpha value is -2.46. The molecule has 0 bridgehead atoms. The summed E-state index contributed by atoms with van der Waals surface area (Å²) < 4.78 is 0. The van der Waals surface area contributed by atoms with Crippen LogP contribution < -0.4 is 5.01 Å². The van der Waals surface area contributed by atoms with Gasteiger partial charge in [0, 0.05) is 10.6 Å². The molecule has 4 nitrogen and oxygen atoms in total. The molecule has 0 aliphatic carbocycles.